The van der Waals surface area contributed by atoms with Crippen LogP contribution in [-0.2, 0) is 4.74 Å². The molecular formula is C10H14N2O6. The molecule has 0 aromatic heterocycles. The van der Waals surface area contributed by atoms with Gasteiger partial charge in [0.25, 0.3) is 11.5 Å². The first-order chi connectivity index (χ1) is 8.31. The second kappa shape index (κ2) is 5.15. The molecule has 18 heavy (non-hydrogen) atoms. The molecular weight excluding hydrogens is 244 g/mol. The van der Waals surface area contributed by atoms with Gasteiger partial charge in [0.2, 0.25) is 0 Å². The van der Waals surface area contributed by atoms with Crippen LogP contribution in [0.2, 0.25) is 0 Å². The third kappa shape index (κ3) is 2.66. The summed E-state index contributed by atoms with van der Waals surface area (Å²) in [5.74, 6) is -2.37. The van der Waals surface area contributed by atoms with Gasteiger partial charge in [0.1, 0.15) is 0 Å². The average molecular weight is 258 g/mol. The predicted octanol–water partition coefficient (Wildman–Crippen LogP) is 0.0319. The van der Waals surface area contributed by atoms with Crippen LogP contribution in [0, 0.1) is 10.1 Å². The van der Waals surface area contributed by atoms with Gasteiger partial charge in [0, 0.05) is 11.6 Å². The van der Waals surface area contributed by atoms with Crippen molar-refractivity contribution in [2.24, 2.45) is 5.73 Å². The smallest absolute Gasteiger partial charge is 0.407 e. The molecule has 8 nitrogen and oxygen atoms in total. The normalized spacial score (nSPS) is 27.2. The Morgan fingerprint density at radius 3 is 2.78 bits per heavy atom. The lowest BCUT2D eigenvalue weighted by Gasteiger charge is -2.32. The highest BCUT2D eigenvalue weighted by Gasteiger charge is 2.45. The summed E-state index contributed by atoms with van der Waals surface area (Å²) >= 11 is 0. The van der Waals surface area contributed by atoms with Gasteiger partial charge in [-0.3, -0.25) is 10.1 Å². The zero-order valence-electron chi connectivity index (χ0n) is 9.70. The van der Waals surface area contributed by atoms with E-state index in [0.717, 1.165) is 12.2 Å². The molecule has 0 heterocycles. The summed E-state index contributed by atoms with van der Waals surface area (Å²) < 4.78 is 4.40. The Hall–Kier alpha value is -1.93. The van der Waals surface area contributed by atoms with E-state index >= 15 is 0 Å². The number of primary amides is 1. The van der Waals surface area contributed by atoms with Crippen molar-refractivity contribution < 1.29 is 24.7 Å². The molecule has 2 unspecified atom stereocenters. The summed E-state index contributed by atoms with van der Waals surface area (Å²) in [5.41, 5.74) is 4.45. The van der Waals surface area contributed by atoms with Gasteiger partial charge < -0.3 is 20.7 Å². The molecule has 0 aromatic carbocycles. The van der Waals surface area contributed by atoms with Crippen LogP contribution in [0.5, 0.6) is 0 Å². The summed E-state index contributed by atoms with van der Waals surface area (Å²) in [4.78, 5) is 20.8. The SMILES string of the molecule is CCCC1=C([N+](=O)[O-])C=CC(O)(OC(N)=O)C1O. The number of hydrogen-bond donors (Lipinski definition) is 3. The number of nitrogens with two attached hydrogens (primary N) is 1. The van der Waals surface area contributed by atoms with Gasteiger partial charge in [-0.1, -0.05) is 13.3 Å². The molecule has 1 amide bonds. The lowest BCUT2D eigenvalue weighted by Crippen LogP contribution is -2.48. The largest absolute Gasteiger partial charge is 0.410 e. The van der Waals surface area contributed by atoms with Gasteiger partial charge in [-0.05, 0) is 12.5 Å². The van der Waals surface area contributed by atoms with E-state index in [0.29, 0.717) is 6.42 Å². The lowest BCUT2D eigenvalue weighted by molar-refractivity contribution is -0.422. The Morgan fingerprint density at radius 1 is 1.72 bits per heavy atom. The third-order valence-electron chi connectivity index (χ3n) is 2.51. The highest BCUT2D eigenvalue weighted by Crippen LogP contribution is 2.31. The van der Waals surface area contributed by atoms with Crippen LogP contribution in [0.3, 0.4) is 0 Å². The van der Waals surface area contributed by atoms with E-state index < -0.39 is 22.9 Å². The molecule has 4 N–H and O–H groups in total. The van der Waals surface area contributed by atoms with Gasteiger partial charge in [0.05, 0.1) is 4.92 Å². The van der Waals surface area contributed by atoms with Gasteiger partial charge >= 0.3 is 6.09 Å². The first-order valence-corrected chi connectivity index (χ1v) is 5.27. The van der Waals surface area contributed by atoms with Crippen molar-refractivity contribution in [1.29, 1.82) is 0 Å². The van der Waals surface area contributed by atoms with Crippen LogP contribution in [-0.4, -0.2) is 33.1 Å². The minimum atomic E-state index is -2.37. The fraction of sp³-hybridized carbons (Fsp3) is 0.500. The monoisotopic (exact) mass is 258 g/mol. The van der Waals surface area contributed by atoms with Crippen molar-refractivity contribution >= 4 is 6.09 Å². The number of nitrogens with zero attached hydrogens (tertiary/aromatic N) is 1. The molecule has 100 valence electrons. The predicted molar refractivity (Wildman–Crippen MR) is 59.7 cm³/mol. The van der Waals surface area contributed by atoms with E-state index in [1.165, 1.54) is 0 Å². The van der Waals surface area contributed by atoms with E-state index in [4.69, 9.17) is 5.73 Å². The molecule has 0 bridgehead atoms. The van der Waals surface area contributed by atoms with Crippen LogP contribution in [0.1, 0.15) is 19.8 Å². The van der Waals surface area contributed by atoms with Crippen molar-refractivity contribution in [3.8, 4) is 0 Å². The topological polar surface area (TPSA) is 136 Å². The zero-order valence-corrected chi connectivity index (χ0v) is 9.70. The molecule has 1 aliphatic rings. The van der Waals surface area contributed by atoms with Crippen LogP contribution < -0.4 is 5.73 Å². The molecule has 0 radical (unpaired) electrons. The second-order valence-electron chi connectivity index (χ2n) is 3.83. The van der Waals surface area contributed by atoms with E-state index in [2.05, 4.69) is 4.74 Å². The zero-order chi connectivity index (χ0) is 13.9. The summed E-state index contributed by atoms with van der Waals surface area (Å²) in [6, 6.07) is 0. The van der Waals surface area contributed by atoms with Crippen molar-refractivity contribution in [3.05, 3.63) is 33.5 Å². The second-order valence-corrected chi connectivity index (χ2v) is 3.83. The summed E-state index contributed by atoms with van der Waals surface area (Å²) in [6.07, 6.45) is -0.478. The minimum absolute atomic E-state index is 0.00579. The fourth-order valence-electron chi connectivity index (χ4n) is 1.75. The van der Waals surface area contributed by atoms with E-state index in [1.807, 2.05) is 0 Å². The number of ether oxygens (including phenoxy) is 1. The standard InChI is InChI=1S/C10H14N2O6/c1-2-3-6-7(12(16)17)4-5-10(15,8(6)13)18-9(11)14/h4-5,8,13,15H,2-3H2,1H3,(H2,11,14). The quantitative estimate of drug-likeness (QED) is 0.369. The van der Waals surface area contributed by atoms with Gasteiger partial charge in [-0.15, -0.1) is 0 Å². The Labute approximate surface area is 102 Å². The molecule has 1 rings (SSSR count). The Bertz CT molecular complexity index is 430. The highest BCUT2D eigenvalue weighted by molar-refractivity contribution is 5.65. The minimum Gasteiger partial charge on any atom is -0.410 e. The number of aliphatic hydroxyl groups excluding tert-OH is 1. The molecule has 0 saturated carbocycles. The molecule has 0 fully saturated rings. The van der Waals surface area contributed by atoms with Crippen LogP contribution in [0.4, 0.5) is 4.79 Å². The molecule has 8 heteroatoms. The Kier molecular flexibility index (Phi) is 4.04. The number of hydrogen-bond acceptors (Lipinski definition) is 6. The Balaban J connectivity index is 3.15. The lowest BCUT2D eigenvalue weighted by atomic mass is 9.91. The molecule has 1 aliphatic carbocycles. The average Bonchev–Trinajstić information content (AvgIpc) is 2.24. The van der Waals surface area contributed by atoms with Gasteiger partial charge in [-0.2, -0.15) is 0 Å². The van der Waals surface area contributed by atoms with E-state index in [1.54, 1.807) is 6.92 Å². The molecule has 0 aliphatic heterocycles. The van der Waals surface area contributed by atoms with Gasteiger partial charge in [-0.25, -0.2) is 4.79 Å². The first-order valence-electron chi connectivity index (χ1n) is 5.27. The summed E-state index contributed by atoms with van der Waals surface area (Å²) in [5, 5.41) is 30.6. The van der Waals surface area contributed by atoms with Crippen molar-refractivity contribution in [3.63, 3.8) is 0 Å². The molecule has 0 aromatic rings. The number of aliphatic hydroxyl groups is 2. The maximum atomic E-state index is 10.8. The number of carbonyl (C=O) groups is 1. The summed E-state index contributed by atoms with van der Waals surface area (Å²) in [7, 11) is 0. The maximum absolute atomic E-state index is 10.8. The molecule has 0 saturated heterocycles. The van der Waals surface area contributed by atoms with Crippen LogP contribution in [0.15, 0.2) is 23.4 Å². The van der Waals surface area contributed by atoms with Gasteiger partial charge in [0.15, 0.2) is 6.10 Å². The van der Waals surface area contributed by atoms with Crippen molar-refractivity contribution in [2.45, 2.75) is 31.7 Å². The summed E-state index contributed by atoms with van der Waals surface area (Å²) in [6.45, 7) is 1.75. The number of rotatable bonds is 4. The van der Waals surface area contributed by atoms with E-state index in [-0.39, 0.29) is 17.7 Å². The Morgan fingerprint density at radius 2 is 2.33 bits per heavy atom. The van der Waals surface area contributed by atoms with Crippen molar-refractivity contribution in [2.75, 3.05) is 0 Å². The van der Waals surface area contributed by atoms with E-state index in [9.17, 15) is 25.1 Å². The fourth-order valence-corrected chi connectivity index (χ4v) is 1.75. The van der Waals surface area contributed by atoms with Crippen molar-refractivity contribution in [1.82, 2.24) is 0 Å². The maximum Gasteiger partial charge on any atom is 0.407 e. The third-order valence-corrected chi connectivity index (χ3v) is 2.51. The molecule has 0 spiro atoms. The number of amides is 1. The number of carbonyl (C=O) groups excluding carboxylic acids is 1. The first kappa shape index (κ1) is 14.1. The number of nitro groups is 1. The number of allylic oxidation sites excluding steroid dienone is 1. The van der Waals surface area contributed by atoms with Crippen LogP contribution in [0.25, 0.3) is 0 Å². The molecule has 2 atom stereocenters. The highest BCUT2D eigenvalue weighted by atomic mass is 16.7. The van der Waals surface area contributed by atoms with Crippen LogP contribution >= 0.6 is 0 Å².